The SMILES string of the molecule is C=C(C(=O)O)[As](=O)(O)O. The summed E-state index contributed by atoms with van der Waals surface area (Å²) in [5.41, 5.74) is 0. The molecule has 52 valence electrons. The van der Waals surface area contributed by atoms with Crippen LogP contribution in [0.3, 0.4) is 0 Å². The zero-order valence-corrected chi connectivity index (χ0v) is 6.19. The number of hydrogen-bond acceptors (Lipinski definition) is 2. The van der Waals surface area contributed by atoms with Gasteiger partial charge in [0.15, 0.2) is 0 Å². The Morgan fingerprint density at radius 1 is 1.44 bits per heavy atom. The summed E-state index contributed by atoms with van der Waals surface area (Å²) in [6.07, 6.45) is 0. The molecular weight excluding hydrogens is 191 g/mol. The van der Waals surface area contributed by atoms with Crippen molar-refractivity contribution in [2.24, 2.45) is 0 Å². The van der Waals surface area contributed by atoms with Crippen molar-refractivity contribution >= 4 is 20.1 Å². The predicted octanol–water partition coefficient (Wildman–Crippen LogP) is -1.48. The molecule has 0 atom stereocenters. The molecule has 6 heteroatoms. The van der Waals surface area contributed by atoms with Gasteiger partial charge in [-0.25, -0.2) is 0 Å². The van der Waals surface area contributed by atoms with E-state index in [0.717, 1.165) is 0 Å². The molecule has 0 amide bonds. The van der Waals surface area contributed by atoms with E-state index in [1.54, 1.807) is 0 Å². The van der Waals surface area contributed by atoms with Gasteiger partial charge >= 0.3 is 52.9 Å². The van der Waals surface area contributed by atoms with E-state index in [0.29, 0.717) is 0 Å². The maximum absolute atomic E-state index is 10.0. The van der Waals surface area contributed by atoms with Crippen LogP contribution < -0.4 is 0 Å². The quantitative estimate of drug-likeness (QED) is 0.369. The van der Waals surface area contributed by atoms with Crippen LogP contribution >= 0.6 is 0 Å². The van der Waals surface area contributed by atoms with Crippen molar-refractivity contribution in [3.8, 4) is 0 Å². The molecule has 0 aliphatic heterocycles. The zero-order valence-electron chi connectivity index (χ0n) is 4.31. The van der Waals surface area contributed by atoms with E-state index in [4.69, 9.17) is 13.3 Å². The Labute approximate surface area is 53.6 Å². The normalized spacial score (nSPS) is 10.9. The third-order valence-electron chi connectivity index (χ3n) is 0.598. The van der Waals surface area contributed by atoms with Gasteiger partial charge in [-0.2, -0.15) is 0 Å². The van der Waals surface area contributed by atoms with Crippen LogP contribution in [0.5, 0.6) is 0 Å². The molecule has 3 N–H and O–H groups in total. The number of carbonyl (C=O) groups is 1. The second-order valence-corrected chi connectivity index (χ2v) is 4.71. The standard InChI is InChI=1S/C3H5AsO5/c1-2(3(5)6)4(7,8)9/h1H2,(H,5,6)(H2,7,8,9). The Kier molecular flexibility index (Phi) is 2.25. The summed E-state index contributed by atoms with van der Waals surface area (Å²) in [7, 11) is 0. The summed E-state index contributed by atoms with van der Waals surface area (Å²) in [6.45, 7) is 2.69. The van der Waals surface area contributed by atoms with Crippen LogP contribution in [-0.4, -0.2) is 33.4 Å². The van der Waals surface area contributed by atoms with Crippen molar-refractivity contribution in [1.29, 1.82) is 0 Å². The molecule has 0 unspecified atom stereocenters. The summed E-state index contributed by atoms with van der Waals surface area (Å²) in [5, 5.41) is 7.94. The second kappa shape index (κ2) is 2.39. The van der Waals surface area contributed by atoms with E-state index < -0.39 is 24.5 Å². The molecule has 0 saturated heterocycles. The van der Waals surface area contributed by atoms with Gasteiger partial charge in [0, 0.05) is 0 Å². The van der Waals surface area contributed by atoms with E-state index >= 15 is 0 Å². The average Bonchev–Trinajstić information content (AvgIpc) is 1.62. The first-order valence-electron chi connectivity index (χ1n) is 1.84. The Morgan fingerprint density at radius 3 is 1.78 bits per heavy atom. The first-order valence-corrected chi connectivity index (χ1v) is 5.22. The van der Waals surface area contributed by atoms with Crippen molar-refractivity contribution in [1.82, 2.24) is 0 Å². The molecule has 0 aliphatic carbocycles. The summed E-state index contributed by atoms with van der Waals surface area (Å²) in [4.78, 5) is 9.77. The molecular formula is C3H5AsO5. The van der Waals surface area contributed by atoms with Gasteiger partial charge in [-0.05, 0) is 0 Å². The van der Waals surface area contributed by atoms with Crippen LogP contribution in [0.15, 0.2) is 10.9 Å². The van der Waals surface area contributed by atoms with Gasteiger partial charge in [-0.15, -0.1) is 0 Å². The number of aliphatic carboxylic acids is 1. The molecule has 0 aromatic rings. The number of hydrogen-bond donors (Lipinski definition) is 3. The van der Waals surface area contributed by atoms with Crippen molar-refractivity contribution in [2.75, 3.05) is 0 Å². The topological polar surface area (TPSA) is 94.8 Å². The number of rotatable bonds is 2. The fourth-order valence-corrected chi connectivity index (χ4v) is 0.647. The van der Waals surface area contributed by atoms with E-state index in [9.17, 15) is 8.53 Å². The van der Waals surface area contributed by atoms with Crippen LogP contribution in [0, 0.1) is 0 Å². The molecule has 0 saturated carbocycles. The Balaban J connectivity index is 4.43. The maximum atomic E-state index is 10.0. The van der Waals surface area contributed by atoms with Gasteiger partial charge < -0.3 is 0 Å². The van der Waals surface area contributed by atoms with E-state index in [1.165, 1.54) is 0 Å². The molecule has 0 rings (SSSR count). The molecule has 5 nitrogen and oxygen atoms in total. The van der Waals surface area contributed by atoms with Crippen molar-refractivity contribution in [2.45, 2.75) is 0 Å². The fourth-order valence-electron chi connectivity index (χ4n) is 0.125. The minimum absolute atomic E-state index is 1.02. The number of carboxylic acid groups (broad SMARTS) is 1. The Bertz CT molecular complexity index is 188. The molecule has 0 fully saturated rings. The fraction of sp³-hybridized carbons (Fsp3) is 0. The van der Waals surface area contributed by atoms with Crippen LogP contribution in [0.25, 0.3) is 0 Å². The first-order chi connectivity index (χ1) is 3.85. The minimum atomic E-state index is -5.18. The first kappa shape index (κ1) is 8.49. The molecule has 0 bridgehead atoms. The van der Waals surface area contributed by atoms with Gasteiger partial charge in [0.2, 0.25) is 0 Å². The van der Waals surface area contributed by atoms with Gasteiger partial charge in [-0.1, -0.05) is 0 Å². The molecule has 0 aliphatic rings. The van der Waals surface area contributed by atoms with Crippen LogP contribution in [-0.2, 0) is 8.53 Å². The molecule has 0 aromatic heterocycles. The Morgan fingerprint density at radius 2 is 1.78 bits per heavy atom. The van der Waals surface area contributed by atoms with Gasteiger partial charge in [-0.3, -0.25) is 0 Å². The van der Waals surface area contributed by atoms with Gasteiger partial charge in [0.05, 0.1) is 0 Å². The van der Waals surface area contributed by atoms with E-state index in [1.807, 2.05) is 0 Å². The average molecular weight is 196 g/mol. The third-order valence-corrected chi connectivity index (χ3v) is 2.48. The molecule has 0 spiro atoms. The summed E-state index contributed by atoms with van der Waals surface area (Å²) < 4.78 is 25.3. The molecule has 0 radical (unpaired) electrons. The van der Waals surface area contributed by atoms with E-state index in [2.05, 4.69) is 6.58 Å². The Hall–Kier alpha value is -0.512. The van der Waals surface area contributed by atoms with Crippen LogP contribution in [0.4, 0.5) is 0 Å². The monoisotopic (exact) mass is 196 g/mol. The van der Waals surface area contributed by atoms with Crippen molar-refractivity contribution < 1.29 is 21.8 Å². The third kappa shape index (κ3) is 2.51. The second-order valence-electron chi connectivity index (χ2n) is 1.30. The molecule has 9 heavy (non-hydrogen) atoms. The van der Waals surface area contributed by atoms with Gasteiger partial charge in [0.25, 0.3) is 0 Å². The van der Waals surface area contributed by atoms with Gasteiger partial charge in [0.1, 0.15) is 0 Å². The van der Waals surface area contributed by atoms with E-state index in [-0.39, 0.29) is 0 Å². The summed E-state index contributed by atoms with van der Waals surface area (Å²) in [6, 6.07) is 0. The van der Waals surface area contributed by atoms with Crippen molar-refractivity contribution in [3.05, 3.63) is 10.9 Å². The van der Waals surface area contributed by atoms with Crippen LogP contribution in [0.1, 0.15) is 0 Å². The molecule has 0 heterocycles. The van der Waals surface area contributed by atoms with Crippen LogP contribution in [0.2, 0.25) is 0 Å². The summed E-state index contributed by atoms with van der Waals surface area (Å²) in [5.74, 6) is -1.65. The molecule has 0 aromatic carbocycles. The van der Waals surface area contributed by atoms with Crippen molar-refractivity contribution in [3.63, 3.8) is 0 Å². The number of carboxylic acids is 1. The summed E-state index contributed by atoms with van der Waals surface area (Å²) >= 11 is -5.18. The zero-order chi connectivity index (χ0) is 7.65. The predicted molar refractivity (Wildman–Crippen MR) is 27.7 cm³/mol.